The Morgan fingerprint density at radius 1 is 1.26 bits per heavy atom. The van der Waals surface area contributed by atoms with Crippen LogP contribution in [0.4, 0.5) is 0 Å². The van der Waals surface area contributed by atoms with E-state index in [1.54, 1.807) is 6.33 Å². The van der Waals surface area contributed by atoms with E-state index in [1.807, 2.05) is 29.8 Å². The molecule has 3 nitrogen and oxygen atoms in total. The maximum absolute atomic E-state index is 10.8. The molecule has 0 saturated heterocycles. The van der Waals surface area contributed by atoms with Crippen molar-refractivity contribution < 1.29 is 5.11 Å². The Balaban J connectivity index is 0.000000258. The third kappa shape index (κ3) is 3.78. The second-order valence-electron chi connectivity index (χ2n) is 6.93. The molecule has 0 amide bonds. The van der Waals surface area contributed by atoms with Gasteiger partial charge >= 0.3 is 0 Å². The van der Waals surface area contributed by atoms with Crippen molar-refractivity contribution in [3.05, 3.63) is 47.4 Å². The topological polar surface area (TPSA) is 38.1 Å². The molecular weight excluding hydrogens is 308 g/mol. The zero-order valence-electron chi connectivity index (χ0n) is 13.9. The van der Waals surface area contributed by atoms with Gasteiger partial charge in [0.1, 0.15) is 6.33 Å². The minimum atomic E-state index is -0.521. The van der Waals surface area contributed by atoms with E-state index in [-0.39, 0.29) is 0 Å². The van der Waals surface area contributed by atoms with Crippen LogP contribution < -0.4 is 0 Å². The number of fused-ring (bicyclic) bond motifs is 1. The van der Waals surface area contributed by atoms with E-state index in [4.69, 9.17) is 11.6 Å². The summed E-state index contributed by atoms with van der Waals surface area (Å²) in [7, 11) is 0. The molecule has 0 bridgehead atoms. The van der Waals surface area contributed by atoms with Gasteiger partial charge in [0.05, 0.1) is 11.8 Å². The Bertz CT molecular complexity index is 624. The SMILES string of the molecule is CCC1CCCC(Cc2ccc(Cl)cc2)C1(C)O.c1nc2cn1-2. The van der Waals surface area contributed by atoms with Crippen LogP contribution in [0.15, 0.2) is 36.8 Å². The van der Waals surface area contributed by atoms with E-state index in [2.05, 4.69) is 24.0 Å². The lowest BCUT2D eigenvalue weighted by Gasteiger charge is -2.43. The first-order chi connectivity index (χ1) is 11.0. The van der Waals surface area contributed by atoms with Crippen LogP contribution in [0, 0.1) is 11.8 Å². The summed E-state index contributed by atoms with van der Waals surface area (Å²) in [5.41, 5.74) is 0.758. The van der Waals surface area contributed by atoms with E-state index in [1.165, 1.54) is 18.4 Å². The van der Waals surface area contributed by atoms with E-state index in [0.717, 1.165) is 30.1 Å². The van der Waals surface area contributed by atoms with Gasteiger partial charge in [0, 0.05) is 5.02 Å². The van der Waals surface area contributed by atoms with Gasteiger partial charge in [0.15, 0.2) is 5.82 Å². The molecule has 1 N–H and O–H groups in total. The smallest absolute Gasteiger partial charge is 0.156 e. The van der Waals surface area contributed by atoms with Crippen molar-refractivity contribution in [2.75, 3.05) is 0 Å². The summed E-state index contributed by atoms with van der Waals surface area (Å²) in [6.45, 7) is 4.21. The molecule has 3 atom stereocenters. The molecule has 4 rings (SSSR count). The molecule has 3 unspecified atom stereocenters. The molecular formula is C19H25ClN2O. The van der Waals surface area contributed by atoms with Crippen LogP contribution in [-0.2, 0) is 6.42 Å². The fourth-order valence-electron chi connectivity index (χ4n) is 3.71. The van der Waals surface area contributed by atoms with Gasteiger partial charge in [-0.1, -0.05) is 43.5 Å². The first-order valence-corrected chi connectivity index (χ1v) is 8.89. The van der Waals surface area contributed by atoms with Crippen molar-refractivity contribution in [3.8, 4) is 5.82 Å². The fraction of sp³-hybridized carbons (Fsp3) is 0.526. The quantitative estimate of drug-likeness (QED) is 0.758. The predicted octanol–water partition coefficient (Wildman–Crippen LogP) is 4.65. The second-order valence-corrected chi connectivity index (χ2v) is 7.36. The fourth-order valence-corrected chi connectivity index (χ4v) is 3.84. The van der Waals surface area contributed by atoms with Crippen LogP contribution in [0.1, 0.15) is 45.1 Å². The molecule has 2 aliphatic heterocycles. The third-order valence-electron chi connectivity index (χ3n) is 5.41. The van der Waals surface area contributed by atoms with Gasteiger partial charge in [-0.2, -0.15) is 0 Å². The Morgan fingerprint density at radius 3 is 2.39 bits per heavy atom. The van der Waals surface area contributed by atoms with Gasteiger partial charge < -0.3 is 5.11 Å². The first-order valence-electron chi connectivity index (χ1n) is 8.52. The number of aliphatic hydroxyl groups is 1. The molecule has 1 saturated carbocycles. The number of nitrogens with zero attached hydrogens (tertiary/aromatic N) is 2. The molecule has 2 heterocycles. The number of hydrogen-bond acceptors (Lipinski definition) is 2. The van der Waals surface area contributed by atoms with E-state index >= 15 is 0 Å². The predicted molar refractivity (Wildman–Crippen MR) is 94.0 cm³/mol. The highest BCUT2D eigenvalue weighted by molar-refractivity contribution is 6.30. The molecule has 3 aliphatic rings. The highest BCUT2D eigenvalue weighted by atomic mass is 35.5. The van der Waals surface area contributed by atoms with Crippen LogP contribution >= 0.6 is 11.6 Å². The average molecular weight is 333 g/mol. The van der Waals surface area contributed by atoms with Gasteiger partial charge in [-0.15, -0.1) is 0 Å². The lowest BCUT2D eigenvalue weighted by atomic mass is 9.66. The molecule has 0 aromatic heterocycles. The molecule has 124 valence electrons. The lowest BCUT2D eigenvalue weighted by molar-refractivity contribution is -0.0804. The van der Waals surface area contributed by atoms with Crippen molar-refractivity contribution in [3.63, 3.8) is 0 Å². The summed E-state index contributed by atoms with van der Waals surface area (Å²) in [6, 6.07) is 8.03. The molecule has 4 heteroatoms. The largest absolute Gasteiger partial charge is 0.390 e. The van der Waals surface area contributed by atoms with Gasteiger partial charge in [0.2, 0.25) is 0 Å². The monoisotopic (exact) mass is 332 g/mol. The normalized spacial score (nSPS) is 28.0. The van der Waals surface area contributed by atoms with Crippen LogP contribution in [-0.4, -0.2) is 20.3 Å². The summed E-state index contributed by atoms with van der Waals surface area (Å²) in [5, 5.41) is 11.6. The summed E-state index contributed by atoms with van der Waals surface area (Å²) in [5.74, 6) is 1.95. The minimum absolute atomic E-state index is 0.373. The molecule has 1 aromatic rings. The van der Waals surface area contributed by atoms with Crippen LogP contribution in [0.3, 0.4) is 0 Å². The number of imidazole rings is 1. The third-order valence-corrected chi connectivity index (χ3v) is 5.66. The molecule has 0 radical (unpaired) electrons. The molecule has 23 heavy (non-hydrogen) atoms. The van der Waals surface area contributed by atoms with Crippen LogP contribution in [0.5, 0.6) is 0 Å². The molecule has 1 aliphatic carbocycles. The Kier molecular flexibility index (Phi) is 4.79. The van der Waals surface area contributed by atoms with Gasteiger partial charge in [0.25, 0.3) is 0 Å². The second kappa shape index (κ2) is 6.66. The van der Waals surface area contributed by atoms with Crippen molar-refractivity contribution >= 4 is 11.6 Å². The number of halogens is 1. The summed E-state index contributed by atoms with van der Waals surface area (Å²) < 4.78 is 1.97. The summed E-state index contributed by atoms with van der Waals surface area (Å²) in [6.07, 6.45) is 9.33. The Labute approximate surface area is 143 Å². The van der Waals surface area contributed by atoms with Gasteiger partial charge in [-0.25, -0.2) is 4.98 Å². The van der Waals surface area contributed by atoms with Crippen LogP contribution in [0.2, 0.25) is 5.02 Å². The molecule has 1 fully saturated rings. The Morgan fingerprint density at radius 2 is 1.91 bits per heavy atom. The maximum Gasteiger partial charge on any atom is 0.156 e. The molecule has 1 aromatic carbocycles. The number of hydrogen-bond donors (Lipinski definition) is 1. The van der Waals surface area contributed by atoms with Crippen LogP contribution in [0.25, 0.3) is 5.82 Å². The zero-order chi connectivity index (χ0) is 16.4. The highest BCUT2D eigenvalue weighted by Crippen LogP contribution is 2.41. The number of benzene rings is 1. The van der Waals surface area contributed by atoms with Crippen molar-refractivity contribution in [1.29, 1.82) is 0 Å². The zero-order valence-corrected chi connectivity index (χ0v) is 14.6. The summed E-state index contributed by atoms with van der Waals surface area (Å²) in [4.78, 5) is 3.81. The van der Waals surface area contributed by atoms with Crippen molar-refractivity contribution in [1.82, 2.24) is 9.55 Å². The van der Waals surface area contributed by atoms with E-state index < -0.39 is 5.60 Å². The summed E-state index contributed by atoms with van der Waals surface area (Å²) >= 11 is 5.91. The molecule has 0 spiro atoms. The highest BCUT2D eigenvalue weighted by Gasteiger charge is 2.41. The van der Waals surface area contributed by atoms with E-state index in [0.29, 0.717) is 11.8 Å². The van der Waals surface area contributed by atoms with Crippen molar-refractivity contribution in [2.45, 2.75) is 51.6 Å². The maximum atomic E-state index is 10.8. The minimum Gasteiger partial charge on any atom is -0.390 e. The van der Waals surface area contributed by atoms with Crippen molar-refractivity contribution in [2.24, 2.45) is 11.8 Å². The standard InChI is InChI=1S/C16H23ClO.C3H2N2/c1-3-13-5-4-6-14(16(13,2)18)11-12-7-9-15(17)10-8-12;1-3-4-2-5(1)3/h7-10,13-14,18H,3-6,11H2,1-2H3;1-2H. The van der Waals surface area contributed by atoms with Gasteiger partial charge in [-0.05, 0) is 55.7 Å². The first kappa shape index (κ1) is 16.5. The Hall–Kier alpha value is -1.32. The lowest BCUT2D eigenvalue weighted by Crippen LogP contribution is -2.46. The number of rotatable bonds is 3. The van der Waals surface area contributed by atoms with E-state index in [9.17, 15) is 5.11 Å². The average Bonchev–Trinajstić information content (AvgIpc) is 3.10. The number of aromatic nitrogens is 2. The van der Waals surface area contributed by atoms with Gasteiger partial charge in [-0.3, -0.25) is 4.57 Å².